The fourth-order valence-electron chi connectivity index (χ4n) is 2.55. The molecule has 0 unspecified atom stereocenters. The molecule has 118 valence electrons. The second-order valence-electron chi connectivity index (χ2n) is 4.96. The van der Waals surface area contributed by atoms with Crippen LogP contribution in [0.1, 0.15) is 11.3 Å². The number of hydrogen-bond donors (Lipinski definition) is 2. The standard InChI is InChI=1S/C16H14FN3.CH2O2/c1-9-6-15(18)20-10(2)16(9)11-7-12-13(17)4-3-5-14(12)19-8-11;2-1-3/h3-8H,1-2H3,(H2,18,20);1H,(H,2,3). The molecule has 0 bridgehead atoms. The van der Waals surface area contributed by atoms with Crippen molar-refractivity contribution in [2.45, 2.75) is 13.8 Å². The number of aromatic nitrogens is 2. The van der Waals surface area contributed by atoms with Crippen LogP contribution in [0.3, 0.4) is 0 Å². The smallest absolute Gasteiger partial charge is 0.290 e. The fraction of sp³-hybridized carbons (Fsp3) is 0.118. The second-order valence-corrected chi connectivity index (χ2v) is 4.96. The van der Waals surface area contributed by atoms with Crippen LogP contribution in [0.15, 0.2) is 36.5 Å². The van der Waals surface area contributed by atoms with Crippen LogP contribution in [-0.2, 0) is 4.79 Å². The number of rotatable bonds is 1. The lowest BCUT2D eigenvalue weighted by molar-refractivity contribution is -0.122. The first-order valence-electron chi connectivity index (χ1n) is 6.84. The molecule has 2 heterocycles. The summed E-state index contributed by atoms with van der Waals surface area (Å²) in [5.74, 6) is 0.222. The molecule has 5 nitrogen and oxygen atoms in total. The molecule has 6 heteroatoms. The van der Waals surface area contributed by atoms with Gasteiger partial charge in [0.2, 0.25) is 0 Å². The number of carbonyl (C=O) groups is 1. The number of benzene rings is 1. The van der Waals surface area contributed by atoms with Crippen molar-refractivity contribution in [2.24, 2.45) is 0 Å². The van der Waals surface area contributed by atoms with Crippen molar-refractivity contribution < 1.29 is 14.3 Å². The van der Waals surface area contributed by atoms with Crippen LogP contribution in [-0.4, -0.2) is 21.5 Å². The lowest BCUT2D eigenvalue weighted by Gasteiger charge is -2.11. The molecule has 0 spiro atoms. The van der Waals surface area contributed by atoms with E-state index in [1.54, 1.807) is 18.3 Å². The highest BCUT2D eigenvalue weighted by Crippen LogP contribution is 2.29. The number of nitrogens with two attached hydrogens (primary N) is 1. The van der Waals surface area contributed by atoms with E-state index in [1.165, 1.54) is 6.07 Å². The van der Waals surface area contributed by atoms with E-state index in [4.69, 9.17) is 15.6 Å². The van der Waals surface area contributed by atoms with Gasteiger partial charge in [0, 0.05) is 28.4 Å². The summed E-state index contributed by atoms with van der Waals surface area (Å²) >= 11 is 0. The summed E-state index contributed by atoms with van der Waals surface area (Å²) < 4.78 is 13.9. The Hall–Kier alpha value is -3.02. The van der Waals surface area contributed by atoms with Gasteiger partial charge in [0.1, 0.15) is 11.6 Å². The number of fused-ring (bicyclic) bond motifs is 1. The lowest BCUT2D eigenvalue weighted by atomic mass is 9.99. The summed E-state index contributed by atoms with van der Waals surface area (Å²) in [6, 6.07) is 8.52. The largest absolute Gasteiger partial charge is 0.483 e. The van der Waals surface area contributed by atoms with E-state index >= 15 is 0 Å². The Morgan fingerprint density at radius 2 is 1.96 bits per heavy atom. The number of carboxylic acid groups (broad SMARTS) is 1. The van der Waals surface area contributed by atoms with Crippen molar-refractivity contribution in [1.29, 1.82) is 0 Å². The maximum absolute atomic E-state index is 13.9. The molecule has 0 atom stereocenters. The quantitative estimate of drug-likeness (QED) is 0.673. The van der Waals surface area contributed by atoms with Gasteiger partial charge in [-0.3, -0.25) is 9.78 Å². The molecule has 23 heavy (non-hydrogen) atoms. The minimum atomic E-state index is -0.268. The van der Waals surface area contributed by atoms with E-state index in [0.29, 0.717) is 16.7 Å². The molecule has 0 saturated carbocycles. The minimum absolute atomic E-state index is 0.250. The Morgan fingerprint density at radius 1 is 1.26 bits per heavy atom. The molecule has 2 aromatic heterocycles. The van der Waals surface area contributed by atoms with Crippen molar-refractivity contribution in [3.63, 3.8) is 0 Å². The zero-order valence-electron chi connectivity index (χ0n) is 12.7. The molecule has 1 aromatic carbocycles. The average Bonchev–Trinajstić information content (AvgIpc) is 2.48. The molecule has 0 aliphatic heterocycles. The van der Waals surface area contributed by atoms with Gasteiger partial charge in [0.15, 0.2) is 0 Å². The maximum Gasteiger partial charge on any atom is 0.290 e. The van der Waals surface area contributed by atoms with Gasteiger partial charge in [0.25, 0.3) is 6.47 Å². The number of halogens is 1. The molecule has 3 N–H and O–H groups in total. The average molecular weight is 313 g/mol. The summed E-state index contributed by atoms with van der Waals surface area (Å²) in [6.07, 6.45) is 1.75. The molecule has 3 aromatic rings. The number of pyridine rings is 2. The predicted octanol–water partition coefficient (Wildman–Crippen LogP) is 3.34. The van der Waals surface area contributed by atoms with Gasteiger partial charge in [-0.2, -0.15) is 0 Å². The van der Waals surface area contributed by atoms with Gasteiger partial charge < -0.3 is 10.8 Å². The van der Waals surface area contributed by atoms with Crippen LogP contribution in [0.2, 0.25) is 0 Å². The van der Waals surface area contributed by atoms with Crippen molar-refractivity contribution in [2.75, 3.05) is 5.73 Å². The van der Waals surface area contributed by atoms with Crippen molar-refractivity contribution in [3.8, 4) is 11.1 Å². The van der Waals surface area contributed by atoms with Crippen LogP contribution < -0.4 is 5.73 Å². The molecule has 0 radical (unpaired) electrons. The SMILES string of the molecule is Cc1cc(N)nc(C)c1-c1cnc2cccc(F)c2c1.O=CO. The zero-order valence-corrected chi connectivity index (χ0v) is 12.7. The van der Waals surface area contributed by atoms with E-state index in [9.17, 15) is 4.39 Å². The molecule has 0 fully saturated rings. The van der Waals surface area contributed by atoms with E-state index in [1.807, 2.05) is 26.0 Å². The first-order chi connectivity index (χ1) is 11.0. The van der Waals surface area contributed by atoms with Crippen molar-refractivity contribution in [3.05, 3.63) is 53.6 Å². The molecule has 0 aliphatic rings. The Balaban J connectivity index is 0.000000595. The molecule has 0 aliphatic carbocycles. The van der Waals surface area contributed by atoms with E-state index < -0.39 is 0 Å². The third-order valence-corrected chi connectivity index (χ3v) is 3.38. The molecule has 0 amide bonds. The molecular formula is C17H16FN3O2. The Kier molecular flexibility index (Phi) is 4.85. The van der Waals surface area contributed by atoms with Crippen LogP contribution >= 0.6 is 0 Å². The summed E-state index contributed by atoms with van der Waals surface area (Å²) in [7, 11) is 0. The Bertz CT molecular complexity index is 843. The summed E-state index contributed by atoms with van der Waals surface area (Å²) in [5, 5.41) is 7.40. The van der Waals surface area contributed by atoms with E-state index in [2.05, 4.69) is 9.97 Å². The van der Waals surface area contributed by atoms with Crippen molar-refractivity contribution in [1.82, 2.24) is 9.97 Å². The number of anilines is 1. The summed E-state index contributed by atoms with van der Waals surface area (Å²) in [4.78, 5) is 17.0. The van der Waals surface area contributed by atoms with Gasteiger partial charge in [-0.25, -0.2) is 9.37 Å². The topological polar surface area (TPSA) is 89.1 Å². The predicted molar refractivity (Wildman–Crippen MR) is 87.5 cm³/mol. The number of nitrogen functional groups attached to an aromatic ring is 1. The maximum atomic E-state index is 13.9. The van der Waals surface area contributed by atoms with Gasteiger partial charge in [-0.15, -0.1) is 0 Å². The highest BCUT2D eigenvalue weighted by molar-refractivity contribution is 5.85. The third-order valence-electron chi connectivity index (χ3n) is 3.38. The number of aryl methyl sites for hydroxylation is 2. The van der Waals surface area contributed by atoms with Gasteiger partial charge in [0.05, 0.1) is 5.52 Å². The van der Waals surface area contributed by atoms with Gasteiger partial charge in [-0.1, -0.05) is 6.07 Å². The first kappa shape index (κ1) is 16.4. The van der Waals surface area contributed by atoms with Crippen LogP contribution in [0, 0.1) is 19.7 Å². The van der Waals surface area contributed by atoms with Gasteiger partial charge in [-0.05, 0) is 43.7 Å². The number of nitrogens with zero attached hydrogens (tertiary/aromatic N) is 2. The van der Waals surface area contributed by atoms with Gasteiger partial charge >= 0.3 is 0 Å². The molecular weight excluding hydrogens is 297 g/mol. The number of hydrogen-bond acceptors (Lipinski definition) is 4. The van der Waals surface area contributed by atoms with Crippen LogP contribution in [0.5, 0.6) is 0 Å². The fourth-order valence-corrected chi connectivity index (χ4v) is 2.55. The summed E-state index contributed by atoms with van der Waals surface area (Å²) in [6.45, 7) is 3.61. The Morgan fingerprint density at radius 3 is 2.61 bits per heavy atom. The van der Waals surface area contributed by atoms with E-state index in [0.717, 1.165) is 22.4 Å². The normalized spacial score (nSPS) is 10.0. The lowest BCUT2D eigenvalue weighted by Crippen LogP contribution is -1.98. The minimum Gasteiger partial charge on any atom is -0.483 e. The van der Waals surface area contributed by atoms with Crippen LogP contribution in [0.4, 0.5) is 10.2 Å². The Labute approximate surface area is 132 Å². The monoisotopic (exact) mass is 313 g/mol. The zero-order chi connectivity index (χ0) is 17.0. The third kappa shape index (κ3) is 3.42. The molecule has 0 saturated heterocycles. The van der Waals surface area contributed by atoms with E-state index in [-0.39, 0.29) is 12.3 Å². The highest BCUT2D eigenvalue weighted by Gasteiger charge is 2.10. The molecule has 3 rings (SSSR count). The first-order valence-corrected chi connectivity index (χ1v) is 6.84. The van der Waals surface area contributed by atoms with Crippen LogP contribution in [0.25, 0.3) is 22.0 Å². The van der Waals surface area contributed by atoms with Crippen molar-refractivity contribution >= 4 is 23.2 Å². The second kappa shape index (κ2) is 6.83. The highest BCUT2D eigenvalue weighted by atomic mass is 19.1. The summed E-state index contributed by atoms with van der Waals surface area (Å²) in [5.41, 5.74) is 10.0.